The second-order valence-electron chi connectivity index (χ2n) is 9.22. The molecular formula is C25H33N3O3. The molecule has 1 saturated carbocycles. The first kappa shape index (κ1) is 21.6. The van der Waals surface area contributed by atoms with Crippen LogP contribution in [0, 0.1) is 12.8 Å². The Kier molecular flexibility index (Phi) is 6.44. The molecule has 3 atom stereocenters. The number of hydrogen-bond acceptors (Lipinski definition) is 3. The van der Waals surface area contributed by atoms with Crippen LogP contribution in [0.25, 0.3) is 0 Å². The Morgan fingerprint density at radius 2 is 1.87 bits per heavy atom. The van der Waals surface area contributed by atoms with Gasteiger partial charge < -0.3 is 15.5 Å². The minimum absolute atomic E-state index is 0.0161. The van der Waals surface area contributed by atoms with Gasteiger partial charge in [0.15, 0.2) is 0 Å². The van der Waals surface area contributed by atoms with Gasteiger partial charge >= 0.3 is 0 Å². The zero-order valence-electron chi connectivity index (χ0n) is 18.4. The molecule has 0 spiro atoms. The van der Waals surface area contributed by atoms with E-state index in [9.17, 15) is 14.4 Å². The molecule has 6 heteroatoms. The largest absolute Gasteiger partial charge is 0.339 e. The van der Waals surface area contributed by atoms with Gasteiger partial charge in [0, 0.05) is 24.6 Å². The highest BCUT2D eigenvalue weighted by atomic mass is 16.2. The number of anilines is 1. The van der Waals surface area contributed by atoms with Gasteiger partial charge in [0.2, 0.25) is 11.8 Å². The van der Waals surface area contributed by atoms with Crippen LogP contribution in [0.3, 0.4) is 0 Å². The molecule has 0 bridgehead atoms. The molecule has 1 aromatic carbocycles. The van der Waals surface area contributed by atoms with Crippen LogP contribution in [0.2, 0.25) is 0 Å². The van der Waals surface area contributed by atoms with Crippen molar-refractivity contribution in [2.45, 2.75) is 76.3 Å². The quantitative estimate of drug-likeness (QED) is 0.712. The summed E-state index contributed by atoms with van der Waals surface area (Å²) in [5.41, 5.74) is 0.912. The summed E-state index contributed by atoms with van der Waals surface area (Å²) in [7, 11) is 0. The van der Waals surface area contributed by atoms with Crippen LogP contribution in [-0.4, -0.2) is 40.7 Å². The van der Waals surface area contributed by atoms with Crippen LogP contribution in [0.5, 0.6) is 0 Å². The van der Waals surface area contributed by atoms with E-state index in [1.54, 1.807) is 4.90 Å². The molecule has 2 aliphatic heterocycles. The fraction of sp³-hybridized carbons (Fsp3) is 0.560. The zero-order valence-corrected chi connectivity index (χ0v) is 18.4. The molecule has 1 aliphatic carbocycles. The van der Waals surface area contributed by atoms with Gasteiger partial charge in [-0.25, -0.2) is 0 Å². The Morgan fingerprint density at radius 1 is 1.10 bits per heavy atom. The monoisotopic (exact) mass is 423 g/mol. The third-order valence-corrected chi connectivity index (χ3v) is 6.83. The lowest BCUT2D eigenvalue weighted by atomic mass is 10.1. The Bertz CT molecular complexity index is 863. The fourth-order valence-electron chi connectivity index (χ4n) is 4.80. The van der Waals surface area contributed by atoms with E-state index >= 15 is 0 Å². The van der Waals surface area contributed by atoms with Crippen molar-refractivity contribution in [3.63, 3.8) is 0 Å². The summed E-state index contributed by atoms with van der Waals surface area (Å²) in [6.07, 6.45) is 11.9. The van der Waals surface area contributed by atoms with Crippen molar-refractivity contribution in [3.8, 4) is 0 Å². The first-order valence-electron chi connectivity index (χ1n) is 11.7. The summed E-state index contributed by atoms with van der Waals surface area (Å²) in [6, 6.07) is 7.20. The molecule has 6 nitrogen and oxygen atoms in total. The second-order valence-corrected chi connectivity index (χ2v) is 9.22. The zero-order chi connectivity index (χ0) is 21.8. The molecule has 4 rings (SSSR count). The molecule has 0 radical (unpaired) electrons. The van der Waals surface area contributed by atoms with E-state index in [0.717, 1.165) is 49.8 Å². The predicted molar refractivity (Wildman–Crippen MR) is 120 cm³/mol. The van der Waals surface area contributed by atoms with Crippen LogP contribution < -0.4 is 10.6 Å². The van der Waals surface area contributed by atoms with Crippen LogP contribution in [0.4, 0.5) is 5.69 Å². The summed E-state index contributed by atoms with van der Waals surface area (Å²) >= 11 is 0. The highest BCUT2D eigenvalue weighted by Crippen LogP contribution is 2.46. The smallest absolute Gasteiger partial charge is 0.250 e. The van der Waals surface area contributed by atoms with Gasteiger partial charge in [-0.2, -0.15) is 0 Å². The molecule has 166 valence electrons. The van der Waals surface area contributed by atoms with E-state index in [1.165, 1.54) is 0 Å². The average Bonchev–Trinajstić information content (AvgIpc) is 3.21. The molecule has 2 N–H and O–H groups in total. The van der Waals surface area contributed by atoms with Gasteiger partial charge in [0.1, 0.15) is 11.6 Å². The van der Waals surface area contributed by atoms with Crippen LogP contribution in [-0.2, 0) is 14.4 Å². The number of hydrogen-bond donors (Lipinski definition) is 2. The van der Waals surface area contributed by atoms with Crippen molar-refractivity contribution >= 4 is 23.4 Å². The third kappa shape index (κ3) is 4.83. The summed E-state index contributed by atoms with van der Waals surface area (Å²) in [6.45, 7) is 2.63. The number of fused-ring (bicyclic) bond motifs is 2. The number of aryl methyl sites for hydroxylation is 1. The predicted octanol–water partition coefficient (Wildman–Crippen LogP) is 3.71. The normalized spacial score (nSPS) is 30.3. The first-order chi connectivity index (χ1) is 15.0. The van der Waals surface area contributed by atoms with Gasteiger partial charge in [-0.3, -0.25) is 14.4 Å². The van der Waals surface area contributed by atoms with Crippen molar-refractivity contribution in [1.82, 2.24) is 10.2 Å². The first-order valence-corrected chi connectivity index (χ1v) is 11.7. The Labute approximate surface area is 184 Å². The maximum Gasteiger partial charge on any atom is 0.250 e. The van der Waals surface area contributed by atoms with Crippen LogP contribution in [0.15, 0.2) is 36.4 Å². The van der Waals surface area contributed by atoms with Crippen LogP contribution in [0.1, 0.15) is 63.4 Å². The lowest BCUT2D eigenvalue weighted by Crippen LogP contribution is -2.54. The molecule has 1 aromatic rings. The minimum atomic E-state index is -0.935. The van der Waals surface area contributed by atoms with Crippen molar-refractivity contribution in [2.75, 3.05) is 11.9 Å². The molecule has 2 fully saturated rings. The molecule has 31 heavy (non-hydrogen) atoms. The molecule has 0 aromatic heterocycles. The number of rotatable bonds is 2. The van der Waals surface area contributed by atoms with E-state index in [2.05, 4.69) is 22.8 Å². The Morgan fingerprint density at radius 3 is 2.68 bits per heavy atom. The number of amides is 3. The van der Waals surface area contributed by atoms with Gasteiger partial charge in [0.25, 0.3) is 5.91 Å². The summed E-state index contributed by atoms with van der Waals surface area (Å²) in [4.78, 5) is 40.9. The van der Waals surface area contributed by atoms with Gasteiger partial charge in [0.05, 0.1) is 0 Å². The highest BCUT2D eigenvalue weighted by molar-refractivity contribution is 6.04. The second kappa shape index (κ2) is 9.25. The minimum Gasteiger partial charge on any atom is -0.339 e. The van der Waals surface area contributed by atoms with Gasteiger partial charge in [-0.05, 0) is 57.6 Å². The van der Waals surface area contributed by atoms with Crippen molar-refractivity contribution < 1.29 is 14.4 Å². The lowest BCUT2D eigenvalue weighted by molar-refractivity contribution is -0.139. The molecule has 3 amide bonds. The van der Waals surface area contributed by atoms with E-state index in [4.69, 9.17) is 0 Å². The maximum atomic E-state index is 13.3. The van der Waals surface area contributed by atoms with Crippen molar-refractivity contribution in [1.29, 1.82) is 0 Å². The molecule has 1 saturated heterocycles. The maximum absolute atomic E-state index is 13.3. The number of nitrogens with zero attached hydrogens (tertiary/aromatic N) is 1. The highest BCUT2D eigenvalue weighted by Gasteiger charge is 2.60. The van der Waals surface area contributed by atoms with Crippen molar-refractivity contribution in [3.05, 3.63) is 42.0 Å². The van der Waals surface area contributed by atoms with E-state index in [-0.39, 0.29) is 23.6 Å². The molecule has 3 unspecified atom stereocenters. The van der Waals surface area contributed by atoms with E-state index in [1.807, 2.05) is 31.2 Å². The third-order valence-electron chi connectivity index (χ3n) is 6.83. The molecule has 2 heterocycles. The fourth-order valence-corrected chi connectivity index (χ4v) is 4.80. The number of allylic oxidation sites excluding steroid dienone is 1. The van der Waals surface area contributed by atoms with Gasteiger partial charge in [-0.1, -0.05) is 42.7 Å². The van der Waals surface area contributed by atoms with E-state index in [0.29, 0.717) is 25.8 Å². The summed E-state index contributed by atoms with van der Waals surface area (Å²) < 4.78 is 0. The SMILES string of the molecule is Cc1ccc(NC(=O)C23CC2/C=C/CCCCCCC(=O)N2CCCC2C(=O)N3)cc1. The number of nitrogens with one attached hydrogen (secondary N) is 2. The lowest BCUT2D eigenvalue weighted by Gasteiger charge is -2.27. The molecule has 3 aliphatic rings. The number of carbonyl (C=O) groups is 3. The Hall–Kier alpha value is -2.63. The van der Waals surface area contributed by atoms with E-state index < -0.39 is 11.6 Å². The number of benzene rings is 1. The Balaban J connectivity index is 1.54. The summed E-state index contributed by atoms with van der Waals surface area (Å²) in [5, 5.41) is 6.05. The van der Waals surface area contributed by atoms with Gasteiger partial charge in [-0.15, -0.1) is 0 Å². The topological polar surface area (TPSA) is 78.5 Å². The number of carbonyl (C=O) groups excluding carboxylic acids is 3. The summed E-state index contributed by atoms with van der Waals surface area (Å²) in [5.74, 6) is -0.330. The average molecular weight is 424 g/mol. The molecular weight excluding hydrogens is 390 g/mol. The standard InChI is InChI=1S/C25H33N3O3/c1-18-12-14-20(15-13-18)26-24(31)25-17-19(25)9-6-4-2-3-5-7-11-22(29)28-16-8-10-21(28)23(30)27-25/h6,9,12-15,19,21H,2-5,7-8,10-11,16-17H2,1H3,(H,26,31)(H,27,30)/b9-6+. The van der Waals surface area contributed by atoms with Crippen LogP contribution >= 0.6 is 0 Å². The van der Waals surface area contributed by atoms with Crippen molar-refractivity contribution in [2.24, 2.45) is 5.92 Å².